The minimum absolute atomic E-state index is 0. The van der Waals surface area contributed by atoms with Crippen LogP contribution in [0.5, 0.6) is 0 Å². The minimum Gasteiger partial charge on any atom is -0.351 e. The Morgan fingerprint density at radius 1 is 1.50 bits per heavy atom. The molecule has 0 aromatic heterocycles. The van der Waals surface area contributed by atoms with Crippen molar-refractivity contribution in [2.75, 3.05) is 26.9 Å². The number of urea groups is 1. The van der Waals surface area contributed by atoms with E-state index in [2.05, 4.69) is 0 Å². The van der Waals surface area contributed by atoms with Gasteiger partial charge in [-0.2, -0.15) is 0 Å². The van der Waals surface area contributed by atoms with Gasteiger partial charge in [-0.1, -0.05) is 0 Å². The average molecular weight is 295 g/mol. The van der Waals surface area contributed by atoms with E-state index in [1.807, 2.05) is 30.1 Å². The summed E-state index contributed by atoms with van der Waals surface area (Å²) in [5, 5.41) is 0. The van der Waals surface area contributed by atoms with Crippen LogP contribution in [0.2, 0.25) is 0 Å². The number of hydrogen-bond donors (Lipinski definition) is 1. The summed E-state index contributed by atoms with van der Waals surface area (Å²) in [5.74, 6) is 1.30. The Morgan fingerprint density at radius 3 is 2.50 bits per heavy atom. The minimum atomic E-state index is -0.506. The van der Waals surface area contributed by atoms with Gasteiger partial charge in [0.1, 0.15) is 11.6 Å². The Balaban J connectivity index is 0.00000289. The number of ketones is 1. The summed E-state index contributed by atoms with van der Waals surface area (Å²) in [5.41, 5.74) is 5.24. The number of primary amides is 1. The largest absolute Gasteiger partial charge is 0.351 e. The number of hydrogen-bond acceptors (Lipinski definition) is 5. The van der Waals surface area contributed by atoms with Crippen molar-refractivity contribution in [1.29, 1.82) is 0 Å². The molecule has 0 bridgehead atoms. The molecule has 0 spiro atoms. The molecular formula is C10H19ClN4O2S. The average Bonchev–Trinajstić information content (AvgIpc) is 2.50. The predicted molar refractivity (Wildman–Crippen MR) is 75.1 cm³/mol. The Kier molecular flexibility index (Phi) is 6.34. The number of carbonyl (C=O) groups is 2. The highest BCUT2D eigenvalue weighted by Gasteiger charge is 2.30. The van der Waals surface area contributed by atoms with Gasteiger partial charge in [-0.25, -0.2) is 4.79 Å². The smallest absolute Gasteiger partial charge is 0.320 e. The molecule has 18 heavy (non-hydrogen) atoms. The van der Waals surface area contributed by atoms with Crippen LogP contribution in [-0.2, 0) is 4.79 Å². The van der Waals surface area contributed by atoms with Gasteiger partial charge in [0.15, 0.2) is 5.50 Å². The Hall–Kier alpha value is -1.08. The van der Waals surface area contributed by atoms with Crippen molar-refractivity contribution in [2.45, 2.75) is 12.4 Å². The SMILES string of the molecule is CC(=O)CSC1N(C)C=C(N(C)C(N)=O)N1C.Cl. The van der Waals surface area contributed by atoms with Gasteiger partial charge < -0.3 is 15.5 Å². The molecule has 2 amide bonds. The second-order valence-electron chi connectivity index (χ2n) is 4.00. The number of carbonyl (C=O) groups excluding carboxylic acids is 2. The van der Waals surface area contributed by atoms with Gasteiger partial charge in [-0.05, 0) is 6.92 Å². The molecule has 1 aliphatic rings. The zero-order chi connectivity index (χ0) is 13.2. The summed E-state index contributed by atoms with van der Waals surface area (Å²) >= 11 is 1.51. The van der Waals surface area contributed by atoms with Crippen molar-refractivity contribution in [3.05, 3.63) is 12.0 Å². The highest BCUT2D eigenvalue weighted by molar-refractivity contribution is 8.00. The van der Waals surface area contributed by atoms with Crippen molar-refractivity contribution in [3.8, 4) is 0 Å². The van der Waals surface area contributed by atoms with E-state index in [0.717, 1.165) is 5.82 Å². The van der Waals surface area contributed by atoms with Crippen LogP contribution in [0.3, 0.4) is 0 Å². The summed E-state index contributed by atoms with van der Waals surface area (Å²) in [6.07, 6.45) is 1.84. The molecule has 0 saturated heterocycles. The van der Waals surface area contributed by atoms with Crippen molar-refractivity contribution in [1.82, 2.24) is 14.7 Å². The van der Waals surface area contributed by atoms with Crippen LogP contribution in [0.15, 0.2) is 12.0 Å². The van der Waals surface area contributed by atoms with E-state index in [-0.39, 0.29) is 23.7 Å². The Bertz CT molecular complexity index is 364. The van der Waals surface area contributed by atoms with Crippen molar-refractivity contribution in [2.24, 2.45) is 5.73 Å². The van der Waals surface area contributed by atoms with Gasteiger partial charge in [0.25, 0.3) is 0 Å². The van der Waals surface area contributed by atoms with Crippen LogP contribution >= 0.6 is 24.2 Å². The molecule has 0 radical (unpaired) electrons. The first-order valence-electron chi connectivity index (χ1n) is 5.15. The van der Waals surface area contributed by atoms with Gasteiger partial charge in [0.05, 0.1) is 5.75 Å². The number of rotatable bonds is 4. The summed E-state index contributed by atoms with van der Waals surface area (Å²) in [7, 11) is 5.39. The first-order chi connectivity index (χ1) is 7.84. The summed E-state index contributed by atoms with van der Waals surface area (Å²) in [6, 6.07) is -0.506. The van der Waals surface area contributed by atoms with E-state index in [0.29, 0.717) is 5.75 Å². The van der Waals surface area contributed by atoms with Crippen molar-refractivity contribution < 1.29 is 9.59 Å². The summed E-state index contributed by atoms with van der Waals surface area (Å²) in [4.78, 5) is 27.3. The highest BCUT2D eigenvalue weighted by atomic mass is 35.5. The van der Waals surface area contributed by atoms with Gasteiger partial charge in [0, 0.05) is 27.3 Å². The van der Waals surface area contributed by atoms with Crippen molar-refractivity contribution in [3.63, 3.8) is 0 Å². The molecule has 0 saturated carbocycles. The van der Waals surface area contributed by atoms with Gasteiger partial charge in [-0.3, -0.25) is 9.69 Å². The van der Waals surface area contributed by atoms with E-state index in [1.165, 1.54) is 16.7 Å². The number of amides is 2. The molecule has 1 atom stereocenters. The van der Waals surface area contributed by atoms with Crippen LogP contribution in [0, 0.1) is 0 Å². The van der Waals surface area contributed by atoms with Crippen LogP contribution in [-0.4, -0.2) is 58.9 Å². The van der Waals surface area contributed by atoms with E-state index >= 15 is 0 Å². The second kappa shape index (κ2) is 6.75. The number of thioether (sulfide) groups is 1. The fourth-order valence-corrected chi connectivity index (χ4v) is 2.59. The van der Waals surface area contributed by atoms with Gasteiger partial charge in [-0.15, -0.1) is 24.2 Å². The predicted octanol–water partition coefficient (Wildman–Crippen LogP) is 0.701. The molecule has 0 aliphatic carbocycles. The number of nitrogens with two attached hydrogens (primary N) is 1. The fourth-order valence-electron chi connectivity index (χ4n) is 1.58. The maximum absolute atomic E-state index is 11.1. The quantitative estimate of drug-likeness (QED) is 0.826. The fraction of sp³-hybridized carbons (Fsp3) is 0.600. The molecule has 0 fully saturated rings. The lowest BCUT2D eigenvalue weighted by molar-refractivity contribution is -0.114. The molecule has 1 unspecified atom stereocenters. The molecule has 6 nitrogen and oxygen atoms in total. The zero-order valence-electron chi connectivity index (χ0n) is 10.9. The monoisotopic (exact) mass is 294 g/mol. The van der Waals surface area contributed by atoms with Crippen LogP contribution in [0.4, 0.5) is 4.79 Å². The topological polar surface area (TPSA) is 69.9 Å². The molecule has 0 aromatic rings. The standard InChI is InChI=1S/C10H18N4O2S.ClH/c1-7(15)6-17-10-12(2)5-8(14(10)4)13(3)9(11)16;/h5,10H,6H2,1-4H3,(H2,11,16);1H. The van der Waals surface area contributed by atoms with E-state index < -0.39 is 6.03 Å². The third-order valence-corrected chi connectivity index (χ3v) is 3.99. The van der Waals surface area contributed by atoms with Crippen LogP contribution < -0.4 is 5.73 Å². The molecular weight excluding hydrogens is 276 g/mol. The third-order valence-electron chi connectivity index (χ3n) is 2.47. The lowest BCUT2D eigenvalue weighted by Crippen LogP contribution is -2.40. The van der Waals surface area contributed by atoms with E-state index in [4.69, 9.17) is 5.73 Å². The van der Waals surface area contributed by atoms with E-state index in [1.54, 1.807) is 14.0 Å². The molecule has 104 valence electrons. The van der Waals surface area contributed by atoms with Gasteiger partial charge in [0.2, 0.25) is 0 Å². The first kappa shape index (κ1) is 16.9. The highest BCUT2D eigenvalue weighted by Crippen LogP contribution is 2.28. The maximum atomic E-state index is 11.1. The number of halogens is 1. The lowest BCUT2D eigenvalue weighted by Gasteiger charge is -2.30. The van der Waals surface area contributed by atoms with Gasteiger partial charge >= 0.3 is 6.03 Å². The molecule has 0 aromatic carbocycles. The Labute approximate surface area is 118 Å². The van der Waals surface area contributed by atoms with Crippen molar-refractivity contribution >= 4 is 36.0 Å². The summed E-state index contributed by atoms with van der Waals surface area (Å²) < 4.78 is 0. The summed E-state index contributed by atoms with van der Waals surface area (Å²) in [6.45, 7) is 1.56. The number of nitrogens with zero attached hydrogens (tertiary/aromatic N) is 3. The van der Waals surface area contributed by atoms with E-state index in [9.17, 15) is 9.59 Å². The second-order valence-corrected chi connectivity index (χ2v) is 5.04. The molecule has 2 N–H and O–H groups in total. The molecule has 1 heterocycles. The van der Waals surface area contributed by atoms with Crippen LogP contribution in [0.25, 0.3) is 0 Å². The zero-order valence-corrected chi connectivity index (χ0v) is 12.5. The number of Topliss-reactive ketones (excluding diaryl/α,β-unsaturated/α-hetero) is 1. The normalized spacial score (nSPS) is 18.2. The molecule has 1 rings (SSSR count). The first-order valence-corrected chi connectivity index (χ1v) is 6.20. The van der Waals surface area contributed by atoms with Crippen LogP contribution in [0.1, 0.15) is 6.92 Å². The lowest BCUT2D eigenvalue weighted by atomic mass is 10.5. The molecule has 1 aliphatic heterocycles. The third kappa shape index (κ3) is 3.71. The maximum Gasteiger partial charge on any atom is 0.320 e. The molecule has 8 heteroatoms. The Morgan fingerprint density at radius 2 is 2.06 bits per heavy atom.